The second kappa shape index (κ2) is 6.21. The molecule has 0 amide bonds. The third kappa shape index (κ3) is 2.93. The number of fused-ring (bicyclic) bond motifs is 4. The highest BCUT2D eigenvalue weighted by molar-refractivity contribution is 7.91. The zero-order chi connectivity index (χ0) is 20.2. The maximum absolute atomic E-state index is 13.9. The number of benzene rings is 2. The molecule has 0 saturated carbocycles. The molecular formula is C20H17FN4O3S. The molecule has 148 valence electrons. The average molecular weight is 412 g/mol. The van der Waals surface area contributed by atoms with E-state index in [1.54, 1.807) is 24.3 Å². The van der Waals surface area contributed by atoms with Gasteiger partial charge in [-0.05, 0) is 31.0 Å². The Morgan fingerprint density at radius 2 is 1.93 bits per heavy atom. The Morgan fingerprint density at radius 3 is 2.69 bits per heavy atom. The summed E-state index contributed by atoms with van der Waals surface area (Å²) in [6.45, 7) is 0. The van der Waals surface area contributed by atoms with Crippen LogP contribution in [0, 0.1) is 5.82 Å². The average Bonchev–Trinajstić information content (AvgIpc) is 2.67. The predicted octanol–water partition coefficient (Wildman–Crippen LogP) is 2.40. The van der Waals surface area contributed by atoms with E-state index in [2.05, 4.69) is 15.4 Å². The summed E-state index contributed by atoms with van der Waals surface area (Å²) in [5, 5.41) is 7.77. The highest BCUT2D eigenvalue weighted by Crippen LogP contribution is 2.41. The number of halogens is 1. The van der Waals surface area contributed by atoms with E-state index in [1.165, 1.54) is 22.9 Å². The highest BCUT2D eigenvalue weighted by atomic mass is 32.2. The van der Waals surface area contributed by atoms with Crippen molar-refractivity contribution in [2.24, 2.45) is 0 Å². The first kappa shape index (κ1) is 18.0. The van der Waals surface area contributed by atoms with E-state index >= 15 is 0 Å². The van der Waals surface area contributed by atoms with Crippen LogP contribution in [-0.4, -0.2) is 34.7 Å². The van der Waals surface area contributed by atoms with Crippen LogP contribution >= 0.6 is 0 Å². The van der Waals surface area contributed by atoms with Gasteiger partial charge in [0.1, 0.15) is 11.5 Å². The number of nitrogens with zero attached hydrogens (tertiary/aromatic N) is 3. The molecule has 1 atom stereocenters. The van der Waals surface area contributed by atoms with E-state index < -0.39 is 26.9 Å². The molecule has 0 bridgehead atoms. The van der Waals surface area contributed by atoms with E-state index in [4.69, 9.17) is 0 Å². The zero-order valence-electron chi connectivity index (χ0n) is 15.3. The molecule has 1 saturated heterocycles. The molecule has 3 heterocycles. The van der Waals surface area contributed by atoms with Gasteiger partial charge in [-0.25, -0.2) is 17.5 Å². The van der Waals surface area contributed by atoms with Gasteiger partial charge in [0.15, 0.2) is 21.4 Å². The van der Waals surface area contributed by atoms with Crippen LogP contribution in [0.5, 0.6) is 0 Å². The van der Waals surface area contributed by atoms with Crippen molar-refractivity contribution in [3.63, 3.8) is 0 Å². The minimum absolute atomic E-state index is 0.0843. The predicted molar refractivity (Wildman–Crippen MR) is 107 cm³/mol. The summed E-state index contributed by atoms with van der Waals surface area (Å²) in [6, 6.07) is 13.0. The van der Waals surface area contributed by atoms with Crippen LogP contribution in [0.4, 0.5) is 10.1 Å². The van der Waals surface area contributed by atoms with E-state index in [-0.39, 0.29) is 23.0 Å². The molecule has 1 spiro atoms. The number of anilines is 1. The van der Waals surface area contributed by atoms with Gasteiger partial charge in [-0.1, -0.05) is 30.3 Å². The van der Waals surface area contributed by atoms with Gasteiger partial charge in [0, 0.05) is 16.8 Å². The summed E-state index contributed by atoms with van der Waals surface area (Å²) in [6.07, 6.45) is 0.884. The monoisotopic (exact) mass is 412 g/mol. The number of hydrogen-bond donors (Lipinski definition) is 1. The number of nitrogens with one attached hydrogen (secondary N) is 1. The van der Waals surface area contributed by atoms with Crippen LogP contribution in [0.3, 0.4) is 0 Å². The summed E-state index contributed by atoms with van der Waals surface area (Å²) in [5.41, 5.74) is 0.00115. The second-order valence-corrected chi connectivity index (χ2v) is 9.59. The zero-order valence-corrected chi connectivity index (χ0v) is 16.1. The first-order valence-corrected chi connectivity index (χ1v) is 11.0. The molecule has 1 N–H and O–H groups in total. The van der Waals surface area contributed by atoms with Gasteiger partial charge in [0.05, 0.1) is 11.5 Å². The number of sulfone groups is 1. The minimum atomic E-state index is -3.36. The third-order valence-corrected chi connectivity index (χ3v) is 7.19. The Morgan fingerprint density at radius 1 is 1.14 bits per heavy atom. The fraction of sp³-hybridized carbons (Fsp3) is 0.250. The largest absolute Gasteiger partial charge is 0.360 e. The van der Waals surface area contributed by atoms with Crippen LogP contribution in [0.2, 0.25) is 0 Å². The fourth-order valence-electron chi connectivity index (χ4n) is 4.11. The lowest BCUT2D eigenvalue weighted by molar-refractivity contribution is 0.290. The minimum Gasteiger partial charge on any atom is -0.360 e. The van der Waals surface area contributed by atoms with Crippen molar-refractivity contribution < 1.29 is 12.8 Å². The van der Waals surface area contributed by atoms with Crippen LogP contribution < -0.4 is 10.9 Å². The Bertz CT molecular complexity index is 1290. The molecule has 7 nitrogen and oxygen atoms in total. The van der Waals surface area contributed by atoms with Gasteiger partial charge in [-0.15, -0.1) is 0 Å². The molecular weight excluding hydrogens is 395 g/mol. The highest BCUT2D eigenvalue weighted by Gasteiger charge is 2.46. The lowest BCUT2D eigenvalue weighted by atomic mass is 9.99. The molecule has 0 unspecified atom stereocenters. The van der Waals surface area contributed by atoms with Crippen molar-refractivity contribution in [1.82, 2.24) is 14.8 Å². The maximum Gasteiger partial charge on any atom is 0.300 e. The van der Waals surface area contributed by atoms with Gasteiger partial charge in [-0.2, -0.15) is 10.1 Å². The van der Waals surface area contributed by atoms with Crippen LogP contribution in [-0.2, 0) is 15.5 Å². The molecule has 2 aliphatic rings. The fourth-order valence-corrected chi connectivity index (χ4v) is 5.91. The van der Waals surface area contributed by atoms with Crippen molar-refractivity contribution in [3.8, 4) is 22.6 Å². The van der Waals surface area contributed by atoms with Gasteiger partial charge >= 0.3 is 0 Å². The van der Waals surface area contributed by atoms with Gasteiger partial charge in [0.2, 0.25) is 0 Å². The smallest absolute Gasteiger partial charge is 0.300 e. The summed E-state index contributed by atoms with van der Waals surface area (Å²) in [5.74, 6) is -0.356. The normalized spacial score (nSPS) is 21.8. The van der Waals surface area contributed by atoms with Gasteiger partial charge < -0.3 is 5.32 Å². The third-order valence-electron chi connectivity index (χ3n) is 5.36. The molecule has 0 aliphatic carbocycles. The molecule has 1 aromatic heterocycles. The van der Waals surface area contributed by atoms with Crippen molar-refractivity contribution in [2.75, 3.05) is 16.8 Å². The lowest BCUT2D eigenvalue weighted by Gasteiger charge is -2.43. The molecule has 2 aliphatic heterocycles. The van der Waals surface area contributed by atoms with Crippen molar-refractivity contribution in [3.05, 3.63) is 64.7 Å². The standard InChI is InChI=1S/C20H17FN4O3S/c21-14-7-8-15-16(11-14)23-20(9-4-10-29(27,28)12-20)25-18(15)22-19(26)17(24-25)13-5-2-1-3-6-13/h1-3,5-8,11,23H,4,9-10,12H2/t20-/m0/s1. The van der Waals surface area contributed by atoms with Crippen molar-refractivity contribution >= 4 is 15.5 Å². The lowest BCUT2D eigenvalue weighted by Crippen LogP contribution is -2.54. The summed E-state index contributed by atoms with van der Waals surface area (Å²) >= 11 is 0. The SMILES string of the molecule is O=c1nc2n(nc1-c1ccccc1)[C@]1(CCCS(=O)(=O)C1)Nc1cc(F)ccc1-2. The summed E-state index contributed by atoms with van der Waals surface area (Å²) < 4.78 is 40.4. The first-order chi connectivity index (χ1) is 13.9. The van der Waals surface area contributed by atoms with Crippen LogP contribution in [0.25, 0.3) is 22.6 Å². The molecule has 1 fully saturated rings. The summed E-state index contributed by atoms with van der Waals surface area (Å²) in [7, 11) is -3.36. The van der Waals surface area contributed by atoms with E-state index in [1.807, 2.05) is 6.07 Å². The molecule has 0 radical (unpaired) electrons. The molecule has 2 aromatic carbocycles. The number of aromatic nitrogens is 3. The van der Waals surface area contributed by atoms with E-state index in [9.17, 15) is 17.6 Å². The van der Waals surface area contributed by atoms with Crippen LogP contribution in [0.15, 0.2) is 53.3 Å². The molecule has 9 heteroatoms. The van der Waals surface area contributed by atoms with Gasteiger partial charge in [0.25, 0.3) is 5.56 Å². The molecule has 5 rings (SSSR count). The Hall–Kier alpha value is -3.07. The summed E-state index contributed by atoms with van der Waals surface area (Å²) in [4.78, 5) is 17.0. The van der Waals surface area contributed by atoms with E-state index in [0.717, 1.165) is 0 Å². The Labute approximate surface area is 166 Å². The van der Waals surface area contributed by atoms with Crippen LogP contribution in [0.1, 0.15) is 12.8 Å². The quantitative estimate of drug-likeness (QED) is 0.660. The second-order valence-electron chi connectivity index (χ2n) is 7.41. The Balaban J connectivity index is 1.81. The first-order valence-electron chi connectivity index (χ1n) is 9.23. The van der Waals surface area contributed by atoms with Crippen molar-refractivity contribution in [1.29, 1.82) is 0 Å². The van der Waals surface area contributed by atoms with E-state index in [0.29, 0.717) is 29.7 Å². The van der Waals surface area contributed by atoms with Gasteiger partial charge in [-0.3, -0.25) is 4.79 Å². The maximum atomic E-state index is 13.9. The van der Waals surface area contributed by atoms with Crippen molar-refractivity contribution in [2.45, 2.75) is 18.5 Å². The number of rotatable bonds is 1. The Kier molecular flexibility index (Phi) is 3.86. The molecule has 29 heavy (non-hydrogen) atoms. The molecule has 3 aromatic rings. The number of hydrogen-bond acceptors (Lipinski definition) is 6. The topological polar surface area (TPSA) is 93.9 Å².